The molecule has 0 bridgehead atoms. The van der Waals surface area contributed by atoms with Crippen molar-refractivity contribution < 1.29 is 24.0 Å². The van der Waals surface area contributed by atoms with E-state index in [1.54, 1.807) is 0 Å². The predicted molar refractivity (Wildman–Crippen MR) is 149 cm³/mol. The summed E-state index contributed by atoms with van der Waals surface area (Å²) >= 11 is 0. The van der Waals surface area contributed by atoms with Crippen LogP contribution in [0.2, 0.25) is 0 Å². The van der Waals surface area contributed by atoms with Crippen LogP contribution in [-0.2, 0) is 14.1 Å². The number of rotatable bonds is 9. The number of amides is 2. The Morgan fingerprint density at radius 2 is 1.70 bits per heavy atom. The molecule has 3 rings (SSSR count). The van der Waals surface area contributed by atoms with Gasteiger partial charge in [0.1, 0.15) is 0 Å². The topological polar surface area (TPSA) is 100 Å². The minimum atomic E-state index is -1.09. The molecule has 2 heterocycles. The highest BCUT2D eigenvalue weighted by Gasteiger charge is 2.51. The molecule has 2 amide bonds. The Balaban J connectivity index is 2.04. The summed E-state index contributed by atoms with van der Waals surface area (Å²) in [5.41, 5.74) is 2.14. The van der Waals surface area contributed by atoms with Gasteiger partial charge in [-0.3, -0.25) is 9.79 Å². The molecule has 9 heteroatoms. The molecule has 1 aromatic carbocycles. The molecule has 37 heavy (non-hydrogen) atoms. The Morgan fingerprint density at radius 1 is 1.11 bits per heavy atom. The lowest BCUT2D eigenvalue weighted by molar-refractivity contribution is -0.127. The molecule has 1 saturated heterocycles. The van der Waals surface area contributed by atoms with E-state index >= 15 is 0 Å². The minimum absolute atomic E-state index is 0.00304. The van der Waals surface area contributed by atoms with Crippen molar-refractivity contribution in [2.75, 3.05) is 13.1 Å². The van der Waals surface area contributed by atoms with E-state index in [1.165, 1.54) is 0 Å². The van der Waals surface area contributed by atoms with E-state index in [-0.39, 0.29) is 5.91 Å². The first-order chi connectivity index (χ1) is 17.2. The highest BCUT2D eigenvalue weighted by Crippen LogP contribution is 2.37. The van der Waals surface area contributed by atoms with Crippen LogP contribution in [0.1, 0.15) is 86.6 Å². The number of nitrogens with one attached hydrogen (secondary N) is 1. The smallest absolute Gasteiger partial charge is 0.465 e. The van der Waals surface area contributed by atoms with Gasteiger partial charge in [0.25, 0.3) is 0 Å². The van der Waals surface area contributed by atoms with E-state index in [0.29, 0.717) is 37.2 Å². The van der Waals surface area contributed by atoms with Gasteiger partial charge in [-0.2, -0.15) is 0 Å². The summed E-state index contributed by atoms with van der Waals surface area (Å²) in [6.07, 6.45) is 3.32. The van der Waals surface area contributed by atoms with Crippen molar-refractivity contribution in [3.8, 4) is 0 Å². The summed E-state index contributed by atoms with van der Waals surface area (Å²) in [5, 5.41) is 11.9. The normalized spacial score (nSPS) is 18.4. The van der Waals surface area contributed by atoms with Crippen LogP contribution in [0.25, 0.3) is 6.08 Å². The first-order valence-electron chi connectivity index (χ1n) is 13.2. The molecule has 0 unspecified atom stereocenters. The average Bonchev–Trinajstić information content (AvgIpc) is 2.89. The van der Waals surface area contributed by atoms with Crippen molar-refractivity contribution in [1.82, 2.24) is 10.2 Å². The third-order valence-corrected chi connectivity index (χ3v) is 7.22. The van der Waals surface area contributed by atoms with E-state index in [0.717, 1.165) is 29.6 Å². The van der Waals surface area contributed by atoms with Crippen molar-refractivity contribution >= 4 is 42.1 Å². The van der Waals surface area contributed by atoms with Gasteiger partial charge in [-0.15, -0.1) is 0 Å². The lowest BCUT2D eigenvalue weighted by Gasteiger charge is -2.32. The second-order valence-corrected chi connectivity index (χ2v) is 11.7. The Bertz CT molecular complexity index is 1070. The quantitative estimate of drug-likeness (QED) is 0.458. The van der Waals surface area contributed by atoms with Crippen LogP contribution in [0.15, 0.2) is 28.8 Å². The molecule has 1 aromatic rings. The average molecular weight is 511 g/mol. The summed E-state index contributed by atoms with van der Waals surface area (Å²) in [5.74, 6) is 0.00304. The van der Waals surface area contributed by atoms with Gasteiger partial charge >= 0.3 is 13.2 Å². The van der Waals surface area contributed by atoms with Crippen LogP contribution in [0.3, 0.4) is 0 Å². The zero-order valence-corrected chi connectivity index (χ0v) is 23.6. The summed E-state index contributed by atoms with van der Waals surface area (Å²) in [4.78, 5) is 31.8. The number of carbonyl (C=O) groups is 2. The number of benzene rings is 1. The maximum atomic E-state index is 13.6. The van der Waals surface area contributed by atoms with E-state index in [1.807, 2.05) is 70.7 Å². The Hall–Kier alpha value is -2.65. The third kappa shape index (κ3) is 6.82. The van der Waals surface area contributed by atoms with Crippen LogP contribution >= 0.6 is 0 Å². The summed E-state index contributed by atoms with van der Waals surface area (Å²) < 4.78 is 12.5. The molecule has 0 atom stereocenters. The van der Waals surface area contributed by atoms with Gasteiger partial charge in [0.05, 0.1) is 16.9 Å². The van der Waals surface area contributed by atoms with Crippen LogP contribution in [0, 0.1) is 0 Å². The third-order valence-electron chi connectivity index (χ3n) is 7.22. The monoisotopic (exact) mass is 511 g/mol. The molecule has 0 spiro atoms. The van der Waals surface area contributed by atoms with E-state index < -0.39 is 30.0 Å². The molecule has 2 aliphatic rings. The van der Waals surface area contributed by atoms with Crippen LogP contribution in [0.5, 0.6) is 0 Å². The van der Waals surface area contributed by atoms with Crippen molar-refractivity contribution in [3.05, 3.63) is 29.3 Å². The number of aliphatic imine (C=N–C) groups is 1. The van der Waals surface area contributed by atoms with Crippen molar-refractivity contribution in [2.45, 2.75) is 97.8 Å². The number of carbonyl (C=O) groups excluding carboxylic acids is 1. The molecule has 202 valence electrons. The molecule has 1 fully saturated rings. The fourth-order valence-corrected chi connectivity index (χ4v) is 4.71. The van der Waals surface area contributed by atoms with Crippen molar-refractivity contribution in [2.24, 2.45) is 4.99 Å². The lowest BCUT2D eigenvalue weighted by Crippen LogP contribution is -2.44. The minimum Gasteiger partial charge on any atom is -0.465 e. The second kappa shape index (κ2) is 11.0. The zero-order chi connectivity index (χ0) is 27.6. The highest BCUT2D eigenvalue weighted by molar-refractivity contribution is 6.62. The Kier molecular flexibility index (Phi) is 8.59. The van der Waals surface area contributed by atoms with Gasteiger partial charge in [-0.05, 0) is 72.0 Å². The van der Waals surface area contributed by atoms with E-state index in [4.69, 9.17) is 14.3 Å². The zero-order valence-electron chi connectivity index (χ0n) is 23.6. The SMILES string of the molecule is CCCN(CCC)C(=O)C1=Cc2ccc(B3OC(C)(C)C(C)(C)O3)cc2N=C(CC(C)(C)NC(=O)O)C1. The number of nitrogens with zero attached hydrogens (tertiary/aromatic N) is 2. The van der Waals surface area contributed by atoms with Crippen LogP contribution in [-0.4, -0.2) is 64.7 Å². The number of carboxylic acid groups (broad SMARTS) is 1. The molecule has 0 aromatic heterocycles. The maximum absolute atomic E-state index is 13.6. The standard InChI is InChI=1S/C28H42BN3O5/c1-9-13-32(14-10-2)24(33)20-15-19-11-12-21(29-36-27(5,6)28(7,8)37-29)17-23(19)30-22(16-20)18-26(3,4)31-25(34)35/h11-12,15,17,31H,9-10,13-14,16,18H2,1-8H3,(H,34,35). The van der Waals surface area contributed by atoms with Crippen molar-refractivity contribution in [3.63, 3.8) is 0 Å². The molecule has 0 aliphatic carbocycles. The molecule has 8 nitrogen and oxygen atoms in total. The van der Waals surface area contributed by atoms with Gasteiger partial charge in [-0.1, -0.05) is 26.0 Å². The molecule has 0 saturated carbocycles. The summed E-state index contributed by atoms with van der Waals surface area (Å²) in [7, 11) is -0.531. The number of hydrogen-bond acceptors (Lipinski definition) is 5. The first-order valence-corrected chi connectivity index (χ1v) is 13.2. The summed E-state index contributed by atoms with van der Waals surface area (Å²) in [6, 6.07) is 5.88. The number of fused-ring (bicyclic) bond motifs is 1. The van der Waals surface area contributed by atoms with Gasteiger partial charge in [0.15, 0.2) is 0 Å². The van der Waals surface area contributed by atoms with Gasteiger partial charge < -0.3 is 24.6 Å². The fourth-order valence-electron chi connectivity index (χ4n) is 4.71. The Labute approximate surface area is 221 Å². The van der Waals surface area contributed by atoms with Gasteiger partial charge in [-0.25, -0.2) is 4.79 Å². The van der Waals surface area contributed by atoms with Gasteiger partial charge in [0.2, 0.25) is 5.91 Å². The summed E-state index contributed by atoms with van der Waals surface area (Å²) in [6.45, 7) is 17.2. The highest BCUT2D eigenvalue weighted by atomic mass is 16.7. The fraction of sp³-hybridized carbons (Fsp3) is 0.607. The molecular weight excluding hydrogens is 469 g/mol. The predicted octanol–water partition coefficient (Wildman–Crippen LogP) is 4.93. The van der Waals surface area contributed by atoms with Crippen LogP contribution in [0.4, 0.5) is 10.5 Å². The van der Waals surface area contributed by atoms with E-state index in [2.05, 4.69) is 19.2 Å². The Morgan fingerprint density at radius 3 is 2.24 bits per heavy atom. The second-order valence-electron chi connectivity index (χ2n) is 11.7. The molecule has 2 N–H and O–H groups in total. The lowest BCUT2D eigenvalue weighted by atomic mass is 9.78. The number of hydrogen-bond donors (Lipinski definition) is 2. The molecule has 0 radical (unpaired) electrons. The van der Waals surface area contributed by atoms with Crippen LogP contribution < -0.4 is 10.8 Å². The first kappa shape index (κ1) is 28.9. The molecule has 2 aliphatic heterocycles. The molecular formula is C28H42BN3O5. The van der Waals surface area contributed by atoms with Gasteiger partial charge in [0, 0.05) is 48.3 Å². The largest absolute Gasteiger partial charge is 0.494 e. The maximum Gasteiger partial charge on any atom is 0.494 e. The van der Waals surface area contributed by atoms with E-state index in [9.17, 15) is 14.7 Å². The van der Waals surface area contributed by atoms with Crippen molar-refractivity contribution in [1.29, 1.82) is 0 Å².